The third kappa shape index (κ3) is 5.83. The highest BCUT2D eigenvalue weighted by Crippen LogP contribution is 2.38. The Morgan fingerprint density at radius 3 is 2.33 bits per heavy atom. The minimum atomic E-state index is 0.000000000000000222. The van der Waals surface area contributed by atoms with E-state index >= 15 is 0 Å². The first kappa shape index (κ1) is 20.5. The van der Waals surface area contributed by atoms with Gasteiger partial charge in [-0.25, -0.2) is 4.98 Å². The molecule has 0 saturated carbocycles. The second-order valence-electron chi connectivity index (χ2n) is 5.45. The van der Waals surface area contributed by atoms with E-state index in [9.17, 15) is 0 Å². The SMILES string of the molecule is COc1ccc(-c2nc(N)sc2Cc2ccccc2)c(OC)c1.NC(N)=S. The first-order valence-electron chi connectivity index (χ1n) is 8.01. The van der Waals surface area contributed by atoms with Crippen LogP contribution < -0.4 is 26.7 Å². The van der Waals surface area contributed by atoms with Gasteiger partial charge >= 0.3 is 0 Å². The Labute approximate surface area is 167 Å². The average molecular weight is 403 g/mol. The average Bonchev–Trinajstić information content (AvgIpc) is 3.01. The summed E-state index contributed by atoms with van der Waals surface area (Å²) in [5.41, 5.74) is 18.2. The smallest absolute Gasteiger partial charge is 0.180 e. The summed E-state index contributed by atoms with van der Waals surface area (Å²) in [6.07, 6.45) is 0.792. The third-order valence-corrected chi connectivity index (χ3v) is 4.47. The maximum absolute atomic E-state index is 5.96. The Hall–Kier alpha value is -2.84. The summed E-state index contributed by atoms with van der Waals surface area (Å²) < 4.78 is 10.8. The fraction of sp³-hybridized carbons (Fsp3) is 0.158. The quantitative estimate of drug-likeness (QED) is 0.562. The van der Waals surface area contributed by atoms with Crippen LogP contribution >= 0.6 is 23.6 Å². The van der Waals surface area contributed by atoms with Crippen LogP contribution in [0.2, 0.25) is 0 Å². The van der Waals surface area contributed by atoms with Crippen molar-refractivity contribution in [3.8, 4) is 22.8 Å². The normalized spacial score (nSPS) is 9.85. The number of hydrogen-bond acceptors (Lipinski definition) is 6. The van der Waals surface area contributed by atoms with Crippen LogP contribution in [0.15, 0.2) is 48.5 Å². The van der Waals surface area contributed by atoms with Crippen LogP contribution in [0.25, 0.3) is 11.3 Å². The van der Waals surface area contributed by atoms with Gasteiger partial charge in [0.05, 0.1) is 19.9 Å². The molecule has 0 fully saturated rings. The maximum atomic E-state index is 5.96. The van der Waals surface area contributed by atoms with Gasteiger partial charge in [0.25, 0.3) is 0 Å². The molecular weight excluding hydrogens is 380 g/mol. The number of aromatic nitrogens is 1. The Morgan fingerprint density at radius 1 is 1.07 bits per heavy atom. The lowest BCUT2D eigenvalue weighted by Gasteiger charge is -2.10. The number of thiazole rings is 1. The first-order valence-corrected chi connectivity index (χ1v) is 9.23. The van der Waals surface area contributed by atoms with Crippen LogP contribution in [0.3, 0.4) is 0 Å². The van der Waals surface area contributed by atoms with Gasteiger partial charge in [0.1, 0.15) is 11.5 Å². The number of hydrogen-bond donors (Lipinski definition) is 3. The van der Waals surface area contributed by atoms with E-state index in [2.05, 4.69) is 40.8 Å². The molecule has 0 aliphatic carbocycles. The molecule has 8 heteroatoms. The second kappa shape index (κ2) is 9.75. The van der Waals surface area contributed by atoms with Crippen molar-refractivity contribution in [1.29, 1.82) is 0 Å². The van der Waals surface area contributed by atoms with Crippen LogP contribution in [0.5, 0.6) is 11.5 Å². The minimum absolute atomic E-state index is 0.000000000000000222. The van der Waals surface area contributed by atoms with Gasteiger partial charge in [0, 0.05) is 22.9 Å². The van der Waals surface area contributed by atoms with E-state index in [1.165, 1.54) is 16.9 Å². The Kier molecular flexibility index (Phi) is 7.39. The summed E-state index contributed by atoms with van der Waals surface area (Å²) >= 11 is 5.61. The lowest BCUT2D eigenvalue weighted by Crippen LogP contribution is -2.18. The molecule has 0 radical (unpaired) electrons. The molecule has 0 atom stereocenters. The van der Waals surface area contributed by atoms with E-state index in [1.807, 2.05) is 36.4 Å². The summed E-state index contributed by atoms with van der Waals surface area (Å²) in [5, 5.41) is 0.559. The van der Waals surface area contributed by atoms with Gasteiger partial charge in [-0.05, 0) is 29.9 Å². The molecule has 3 aromatic rings. The topological polar surface area (TPSA) is 109 Å². The highest BCUT2D eigenvalue weighted by molar-refractivity contribution is 7.80. The van der Waals surface area contributed by atoms with Crippen molar-refractivity contribution in [2.24, 2.45) is 11.5 Å². The Morgan fingerprint density at radius 2 is 1.74 bits per heavy atom. The van der Waals surface area contributed by atoms with Gasteiger partial charge in [0.15, 0.2) is 10.2 Å². The van der Waals surface area contributed by atoms with Crippen LogP contribution in [0, 0.1) is 0 Å². The number of benzene rings is 2. The molecule has 0 aliphatic heterocycles. The molecule has 3 rings (SSSR count). The second-order valence-corrected chi connectivity index (χ2v) is 7.04. The first-order chi connectivity index (χ1) is 12.9. The largest absolute Gasteiger partial charge is 0.497 e. The van der Waals surface area contributed by atoms with Crippen molar-refractivity contribution in [2.45, 2.75) is 6.42 Å². The number of methoxy groups -OCH3 is 2. The van der Waals surface area contributed by atoms with Crippen LogP contribution in [0.1, 0.15) is 10.4 Å². The fourth-order valence-corrected chi connectivity index (χ4v) is 3.36. The summed E-state index contributed by atoms with van der Waals surface area (Å²) in [6.45, 7) is 0. The highest BCUT2D eigenvalue weighted by atomic mass is 32.1. The fourth-order valence-electron chi connectivity index (χ4n) is 2.48. The molecule has 2 aromatic carbocycles. The minimum Gasteiger partial charge on any atom is -0.497 e. The zero-order valence-corrected chi connectivity index (χ0v) is 16.8. The zero-order chi connectivity index (χ0) is 19.8. The standard InChI is InChI=1S/C18H18N2O2S.CH4N2S/c1-21-13-8-9-14(15(11-13)22-2)17-16(23-18(19)20-17)10-12-6-4-3-5-7-12;2-1(3)4/h3-9,11H,10H2,1-2H3,(H2,19,20);(H4,2,3,4). The molecular formula is C19H22N4O2S2. The number of nitrogen functional groups attached to an aromatic ring is 1. The van der Waals surface area contributed by atoms with Crippen LogP contribution in [0.4, 0.5) is 5.13 Å². The van der Waals surface area contributed by atoms with Gasteiger partial charge in [-0.3, -0.25) is 0 Å². The molecule has 1 heterocycles. The summed E-state index contributed by atoms with van der Waals surface area (Å²) in [4.78, 5) is 5.64. The highest BCUT2D eigenvalue weighted by Gasteiger charge is 2.16. The Balaban J connectivity index is 0.000000596. The summed E-state index contributed by atoms with van der Waals surface area (Å²) in [5.74, 6) is 1.47. The summed E-state index contributed by atoms with van der Waals surface area (Å²) in [7, 11) is 3.28. The predicted molar refractivity (Wildman–Crippen MR) is 115 cm³/mol. The van der Waals surface area contributed by atoms with Crippen molar-refractivity contribution >= 4 is 33.8 Å². The molecule has 142 valence electrons. The number of anilines is 1. The zero-order valence-electron chi connectivity index (χ0n) is 15.1. The lowest BCUT2D eigenvalue weighted by atomic mass is 10.1. The van der Waals surface area contributed by atoms with Crippen molar-refractivity contribution < 1.29 is 9.47 Å². The maximum Gasteiger partial charge on any atom is 0.180 e. The molecule has 6 nitrogen and oxygen atoms in total. The number of nitrogens with zero attached hydrogens (tertiary/aromatic N) is 1. The van der Waals surface area contributed by atoms with E-state index in [-0.39, 0.29) is 5.11 Å². The van der Waals surface area contributed by atoms with Gasteiger partial charge < -0.3 is 26.7 Å². The number of ether oxygens (including phenoxy) is 2. The van der Waals surface area contributed by atoms with E-state index < -0.39 is 0 Å². The Bertz CT molecular complexity index is 894. The molecule has 0 saturated heterocycles. The predicted octanol–water partition coefficient (Wildman–Crippen LogP) is 3.19. The van der Waals surface area contributed by atoms with Gasteiger partial charge in [-0.2, -0.15) is 0 Å². The van der Waals surface area contributed by atoms with Gasteiger partial charge in [-0.15, -0.1) is 11.3 Å². The van der Waals surface area contributed by atoms with E-state index in [0.717, 1.165) is 34.1 Å². The van der Waals surface area contributed by atoms with Crippen molar-refractivity contribution in [3.63, 3.8) is 0 Å². The molecule has 0 aliphatic rings. The lowest BCUT2D eigenvalue weighted by molar-refractivity contribution is 0.395. The summed E-state index contributed by atoms with van der Waals surface area (Å²) in [6, 6.07) is 16.0. The van der Waals surface area contributed by atoms with E-state index in [1.54, 1.807) is 14.2 Å². The van der Waals surface area contributed by atoms with Gasteiger partial charge in [-0.1, -0.05) is 30.3 Å². The number of nitrogens with two attached hydrogens (primary N) is 3. The molecule has 0 amide bonds. The van der Waals surface area contributed by atoms with Crippen molar-refractivity contribution in [2.75, 3.05) is 20.0 Å². The number of rotatable bonds is 5. The third-order valence-electron chi connectivity index (χ3n) is 3.59. The monoisotopic (exact) mass is 402 g/mol. The van der Waals surface area contributed by atoms with E-state index in [4.69, 9.17) is 15.2 Å². The molecule has 0 unspecified atom stereocenters. The molecule has 1 aromatic heterocycles. The molecule has 0 spiro atoms. The number of thiocarbonyl (C=S) groups is 1. The molecule has 0 bridgehead atoms. The van der Waals surface area contributed by atoms with Gasteiger partial charge in [0.2, 0.25) is 0 Å². The van der Waals surface area contributed by atoms with E-state index in [0.29, 0.717) is 5.13 Å². The van der Waals surface area contributed by atoms with Crippen LogP contribution in [-0.4, -0.2) is 24.3 Å². The van der Waals surface area contributed by atoms with Crippen molar-refractivity contribution in [1.82, 2.24) is 4.98 Å². The molecule has 6 N–H and O–H groups in total. The van der Waals surface area contributed by atoms with Crippen LogP contribution in [-0.2, 0) is 6.42 Å². The van der Waals surface area contributed by atoms with Crippen molar-refractivity contribution in [3.05, 3.63) is 59.0 Å². The molecule has 27 heavy (non-hydrogen) atoms.